The second kappa shape index (κ2) is 6.35. The molecule has 0 amide bonds. The second-order valence-corrected chi connectivity index (χ2v) is 2.52. The molecule has 7 heavy (non-hydrogen) atoms. The fourth-order valence-corrected chi connectivity index (χ4v) is 0.957. The normalized spacial score (nSPS) is 9.43. The van der Waals surface area contributed by atoms with Gasteiger partial charge in [0.25, 0.3) is 0 Å². The van der Waals surface area contributed by atoms with Crippen molar-refractivity contribution in [2.24, 2.45) is 0 Å². The number of hydrogen-bond acceptors (Lipinski definition) is 1. The van der Waals surface area contributed by atoms with Gasteiger partial charge in [0.05, 0.1) is 0 Å². The zero-order valence-electron chi connectivity index (χ0n) is 5.11. The lowest BCUT2D eigenvalue weighted by Crippen LogP contribution is -1.70. The van der Waals surface area contributed by atoms with Crippen molar-refractivity contribution >= 4 is 11.8 Å². The molecule has 0 aliphatic carbocycles. The molecule has 0 spiro atoms. The summed E-state index contributed by atoms with van der Waals surface area (Å²) in [6, 6.07) is 0. The molecular formula is C6H13S. The van der Waals surface area contributed by atoms with Crippen LogP contribution in [0.15, 0.2) is 0 Å². The zero-order chi connectivity index (χ0) is 5.54. The van der Waals surface area contributed by atoms with E-state index in [4.69, 9.17) is 0 Å². The molecule has 0 aromatic heterocycles. The topological polar surface area (TPSA) is 0 Å². The highest BCUT2D eigenvalue weighted by molar-refractivity contribution is 8.01. The average molecular weight is 117 g/mol. The van der Waals surface area contributed by atoms with Crippen LogP contribution in [0.3, 0.4) is 0 Å². The van der Waals surface area contributed by atoms with Crippen LogP contribution >= 0.6 is 11.8 Å². The van der Waals surface area contributed by atoms with Crippen LogP contribution in [0.25, 0.3) is 0 Å². The molecule has 0 aliphatic heterocycles. The fourth-order valence-electron chi connectivity index (χ4n) is 0.319. The molecule has 1 radical (unpaired) electrons. The maximum atomic E-state index is 2.25. The molecule has 0 saturated heterocycles. The van der Waals surface area contributed by atoms with E-state index in [9.17, 15) is 0 Å². The summed E-state index contributed by atoms with van der Waals surface area (Å²) in [6.07, 6.45) is 2.49. The number of thioether (sulfide) groups is 1. The van der Waals surface area contributed by atoms with Gasteiger partial charge >= 0.3 is 0 Å². The van der Waals surface area contributed by atoms with Gasteiger partial charge in [0, 0.05) is 5.75 Å². The standard InChI is InChI=1S/C6H13S/c1-3-5-7-6-4-2/h5H,3-4,6H2,1-2H3. The minimum absolute atomic E-state index is 1.20. The van der Waals surface area contributed by atoms with Crippen molar-refractivity contribution in [2.75, 3.05) is 5.75 Å². The van der Waals surface area contributed by atoms with Crippen molar-refractivity contribution < 1.29 is 0 Å². The first-order valence-electron chi connectivity index (χ1n) is 2.85. The Bertz CT molecular complexity index is 23.4. The average Bonchev–Trinajstić information content (AvgIpc) is 1.69. The summed E-state index contributed by atoms with van der Waals surface area (Å²) >= 11 is 1.93. The molecule has 0 aliphatic rings. The summed E-state index contributed by atoms with van der Waals surface area (Å²) in [5, 5.41) is 0. The van der Waals surface area contributed by atoms with Gasteiger partial charge < -0.3 is 0 Å². The quantitative estimate of drug-likeness (QED) is 0.510. The van der Waals surface area contributed by atoms with E-state index in [1.165, 1.54) is 18.6 Å². The van der Waals surface area contributed by atoms with Gasteiger partial charge in [-0.3, -0.25) is 0 Å². The van der Waals surface area contributed by atoms with Crippen LogP contribution in [0, 0.1) is 5.75 Å². The van der Waals surface area contributed by atoms with Crippen LogP contribution in [-0.4, -0.2) is 5.75 Å². The zero-order valence-corrected chi connectivity index (χ0v) is 5.92. The van der Waals surface area contributed by atoms with Gasteiger partial charge in [-0.05, 0) is 18.6 Å². The molecule has 0 fully saturated rings. The molecule has 0 bridgehead atoms. The Balaban J connectivity index is 2.45. The van der Waals surface area contributed by atoms with E-state index in [0.29, 0.717) is 0 Å². The Kier molecular flexibility index (Phi) is 6.67. The highest BCUT2D eigenvalue weighted by Crippen LogP contribution is 2.07. The molecule has 0 N–H and O–H groups in total. The maximum absolute atomic E-state index is 2.25. The lowest BCUT2D eigenvalue weighted by molar-refractivity contribution is 1.10. The number of hydrogen-bond donors (Lipinski definition) is 0. The summed E-state index contributed by atoms with van der Waals surface area (Å²) in [6.45, 7) is 4.37. The lowest BCUT2D eigenvalue weighted by Gasteiger charge is -1.90. The molecule has 0 atom stereocenters. The van der Waals surface area contributed by atoms with Gasteiger partial charge in [0.1, 0.15) is 0 Å². The maximum Gasteiger partial charge on any atom is 0.0163 e. The molecule has 0 unspecified atom stereocenters. The van der Waals surface area contributed by atoms with Crippen LogP contribution in [0.1, 0.15) is 26.7 Å². The monoisotopic (exact) mass is 117 g/mol. The summed E-state index contributed by atoms with van der Waals surface area (Å²) in [5.41, 5.74) is 0. The fraction of sp³-hybridized carbons (Fsp3) is 0.833. The molecule has 0 heterocycles. The van der Waals surface area contributed by atoms with Gasteiger partial charge in [-0.1, -0.05) is 13.8 Å². The van der Waals surface area contributed by atoms with Crippen molar-refractivity contribution in [3.8, 4) is 0 Å². The largest absolute Gasteiger partial charge is 0.157 e. The van der Waals surface area contributed by atoms with E-state index in [-0.39, 0.29) is 0 Å². The van der Waals surface area contributed by atoms with E-state index in [0.717, 1.165) is 0 Å². The Morgan fingerprint density at radius 1 is 1.43 bits per heavy atom. The third-order valence-corrected chi connectivity index (χ3v) is 1.82. The van der Waals surface area contributed by atoms with Crippen LogP contribution in [-0.2, 0) is 0 Å². The van der Waals surface area contributed by atoms with Crippen LogP contribution in [0.5, 0.6) is 0 Å². The predicted octanol–water partition coefficient (Wildman–Crippen LogP) is 2.70. The second-order valence-electron chi connectivity index (χ2n) is 1.45. The lowest BCUT2D eigenvalue weighted by atomic mass is 10.6. The molecular weight excluding hydrogens is 104 g/mol. The Morgan fingerprint density at radius 2 is 2.14 bits per heavy atom. The predicted molar refractivity (Wildman–Crippen MR) is 37.3 cm³/mol. The van der Waals surface area contributed by atoms with Crippen molar-refractivity contribution in [2.45, 2.75) is 26.7 Å². The van der Waals surface area contributed by atoms with E-state index < -0.39 is 0 Å². The van der Waals surface area contributed by atoms with Crippen LogP contribution < -0.4 is 0 Å². The summed E-state index contributed by atoms with van der Waals surface area (Å²) in [7, 11) is 0. The highest BCUT2D eigenvalue weighted by atomic mass is 32.2. The minimum atomic E-state index is 1.20. The van der Waals surface area contributed by atoms with Gasteiger partial charge in [-0.25, -0.2) is 0 Å². The van der Waals surface area contributed by atoms with Crippen molar-refractivity contribution in [3.05, 3.63) is 5.75 Å². The van der Waals surface area contributed by atoms with Crippen LogP contribution in [0.4, 0.5) is 0 Å². The summed E-state index contributed by atoms with van der Waals surface area (Å²) in [4.78, 5) is 0. The van der Waals surface area contributed by atoms with Crippen LogP contribution in [0.2, 0.25) is 0 Å². The Labute approximate surface area is 50.7 Å². The highest BCUT2D eigenvalue weighted by Gasteiger charge is 1.80. The van der Waals surface area contributed by atoms with Gasteiger partial charge in [0.2, 0.25) is 0 Å². The molecule has 1 heteroatoms. The third kappa shape index (κ3) is 6.35. The van der Waals surface area contributed by atoms with E-state index in [2.05, 4.69) is 19.6 Å². The first kappa shape index (κ1) is 7.35. The third-order valence-electron chi connectivity index (χ3n) is 0.606. The Morgan fingerprint density at radius 3 is 2.57 bits per heavy atom. The van der Waals surface area contributed by atoms with Gasteiger partial charge in [0.15, 0.2) is 0 Å². The first-order valence-corrected chi connectivity index (χ1v) is 3.90. The molecule has 0 nitrogen and oxygen atoms in total. The molecule has 0 rings (SSSR count). The van der Waals surface area contributed by atoms with Crippen molar-refractivity contribution in [1.29, 1.82) is 0 Å². The Hall–Kier alpha value is 0.350. The first-order chi connectivity index (χ1) is 3.41. The smallest absolute Gasteiger partial charge is 0.0163 e. The summed E-state index contributed by atoms with van der Waals surface area (Å²) < 4.78 is 0. The van der Waals surface area contributed by atoms with Gasteiger partial charge in [-0.2, -0.15) is 11.8 Å². The minimum Gasteiger partial charge on any atom is -0.157 e. The molecule has 0 aromatic rings. The number of rotatable bonds is 4. The van der Waals surface area contributed by atoms with Gasteiger partial charge in [-0.15, -0.1) is 0 Å². The van der Waals surface area contributed by atoms with E-state index >= 15 is 0 Å². The van der Waals surface area contributed by atoms with Crippen molar-refractivity contribution in [3.63, 3.8) is 0 Å². The molecule has 0 aromatic carbocycles. The van der Waals surface area contributed by atoms with Crippen molar-refractivity contribution in [1.82, 2.24) is 0 Å². The molecule has 0 saturated carbocycles. The summed E-state index contributed by atoms with van der Waals surface area (Å²) in [5.74, 6) is 3.54. The SMILES string of the molecule is CC[CH]SCCC. The van der Waals surface area contributed by atoms with E-state index in [1.807, 2.05) is 11.8 Å². The molecule has 43 valence electrons. The van der Waals surface area contributed by atoms with E-state index in [1.54, 1.807) is 0 Å².